The lowest BCUT2D eigenvalue weighted by molar-refractivity contribution is -0.143. The summed E-state index contributed by atoms with van der Waals surface area (Å²) >= 11 is 0. The van der Waals surface area contributed by atoms with Gasteiger partial charge in [0.2, 0.25) is 15.9 Å². The van der Waals surface area contributed by atoms with Gasteiger partial charge in [0.25, 0.3) is 0 Å². The second-order valence-corrected chi connectivity index (χ2v) is 6.65. The third-order valence-electron chi connectivity index (χ3n) is 3.04. The number of carbonyl (C=O) groups is 2. The van der Waals surface area contributed by atoms with Gasteiger partial charge in [-0.25, -0.2) is 8.42 Å². The van der Waals surface area contributed by atoms with Crippen molar-refractivity contribution in [1.29, 1.82) is 0 Å². The first kappa shape index (κ1) is 16.9. The number of nitrogens with zero attached hydrogens (tertiary/aromatic N) is 1. The second kappa shape index (κ2) is 7.58. The van der Waals surface area contributed by atoms with Crippen molar-refractivity contribution in [2.75, 3.05) is 25.4 Å². The monoisotopic (exact) mass is 306 g/mol. The number of hydrogen-bond acceptors (Lipinski definition) is 5. The quantitative estimate of drug-likeness (QED) is 0.661. The summed E-state index contributed by atoms with van der Waals surface area (Å²) in [6.07, 6.45) is 1.65. The summed E-state index contributed by atoms with van der Waals surface area (Å²) < 4.78 is 30.0. The van der Waals surface area contributed by atoms with Crippen LogP contribution in [-0.2, 0) is 24.3 Å². The number of esters is 1. The van der Waals surface area contributed by atoms with Gasteiger partial charge in [0.15, 0.2) is 0 Å². The normalized spacial score (nSPS) is 19.8. The maximum absolute atomic E-state index is 12.0. The molecule has 1 amide bonds. The van der Waals surface area contributed by atoms with Crippen LogP contribution in [0, 0.1) is 0 Å². The Hall–Kier alpha value is -1.15. The Morgan fingerprint density at radius 2 is 2.05 bits per heavy atom. The summed E-state index contributed by atoms with van der Waals surface area (Å²) in [6, 6.07) is -0.707. The van der Waals surface area contributed by atoms with E-state index in [0.717, 1.165) is 0 Å². The van der Waals surface area contributed by atoms with E-state index < -0.39 is 27.9 Å². The molecule has 1 saturated heterocycles. The molecule has 0 radical (unpaired) electrons. The van der Waals surface area contributed by atoms with Crippen molar-refractivity contribution in [2.45, 2.75) is 39.2 Å². The molecule has 1 atom stereocenters. The molecule has 0 saturated carbocycles. The van der Waals surface area contributed by atoms with Crippen LogP contribution >= 0.6 is 0 Å². The van der Waals surface area contributed by atoms with Crippen molar-refractivity contribution in [3.05, 3.63) is 0 Å². The van der Waals surface area contributed by atoms with Crippen LogP contribution in [0.3, 0.4) is 0 Å². The predicted molar refractivity (Wildman–Crippen MR) is 73.4 cm³/mol. The van der Waals surface area contributed by atoms with Gasteiger partial charge in [-0.05, 0) is 26.2 Å². The Labute approximate surface area is 119 Å². The Balaban J connectivity index is 2.60. The molecule has 0 bridgehead atoms. The van der Waals surface area contributed by atoms with Gasteiger partial charge in [-0.1, -0.05) is 6.92 Å². The number of nitrogens with one attached hydrogen (secondary N) is 1. The lowest BCUT2D eigenvalue weighted by atomic mass is 10.2. The van der Waals surface area contributed by atoms with Crippen LogP contribution in [0.25, 0.3) is 0 Å². The molecule has 1 heterocycles. The molecule has 8 heteroatoms. The van der Waals surface area contributed by atoms with Crippen molar-refractivity contribution in [2.24, 2.45) is 0 Å². The van der Waals surface area contributed by atoms with E-state index in [9.17, 15) is 18.0 Å². The highest BCUT2D eigenvalue weighted by atomic mass is 32.2. The minimum absolute atomic E-state index is 0.0364. The average molecular weight is 306 g/mol. The highest BCUT2D eigenvalue weighted by molar-refractivity contribution is 7.89. The molecule has 0 spiro atoms. The topological polar surface area (TPSA) is 92.8 Å². The van der Waals surface area contributed by atoms with E-state index in [1.54, 1.807) is 13.8 Å². The Kier molecular flexibility index (Phi) is 6.41. The van der Waals surface area contributed by atoms with Gasteiger partial charge in [0, 0.05) is 6.54 Å². The molecule has 7 nitrogen and oxygen atoms in total. The summed E-state index contributed by atoms with van der Waals surface area (Å²) in [7, 11) is -3.40. The number of amides is 1. The molecular weight excluding hydrogens is 284 g/mol. The van der Waals surface area contributed by atoms with Crippen molar-refractivity contribution in [1.82, 2.24) is 9.62 Å². The van der Waals surface area contributed by atoms with E-state index in [0.29, 0.717) is 25.8 Å². The first-order valence-electron chi connectivity index (χ1n) is 6.85. The highest BCUT2D eigenvalue weighted by Crippen LogP contribution is 2.21. The Bertz CT molecular complexity index is 449. The largest absolute Gasteiger partial charge is 0.465 e. The van der Waals surface area contributed by atoms with Crippen molar-refractivity contribution >= 4 is 21.9 Å². The Morgan fingerprint density at radius 3 is 2.65 bits per heavy atom. The van der Waals surface area contributed by atoms with E-state index in [1.165, 1.54) is 4.31 Å². The minimum atomic E-state index is -3.40. The van der Waals surface area contributed by atoms with E-state index in [-0.39, 0.29) is 18.9 Å². The highest BCUT2D eigenvalue weighted by Gasteiger charge is 2.37. The zero-order valence-electron chi connectivity index (χ0n) is 11.9. The van der Waals surface area contributed by atoms with Gasteiger partial charge in [-0.15, -0.1) is 0 Å². The van der Waals surface area contributed by atoms with Crippen LogP contribution in [-0.4, -0.2) is 56.1 Å². The van der Waals surface area contributed by atoms with E-state index in [1.807, 2.05) is 0 Å². The van der Waals surface area contributed by atoms with Gasteiger partial charge in [0.05, 0.1) is 12.4 Å². The maximum Gasteiger partial charge on any atom is 0.325 e. The van der Waals surface area contributed by atoms with Gasteiger partial charge >= 0.3 is 5.97 Å². The van der Waals surface area contributed by atoms with E-state index in [2.05, 4.69) is 5.32 Å². The average Bonchev–Trinajstić information content (AvgIpc) is 2.86. The standard InChI is InChI=1S/C12H22N2O5S/c1-3-8-20(17,18)14-7-5-6-10(14)12(16)13-9-11(15)19-4-2/h10H,3-9H2,1-2H3,(H,13,16). The smallest absolute Gasteiger partial charge is 0.325 e. The molecule has 1 aliphatic rings. The third-order valence-corrected chi connectivity index (χ3v) is 5.11. The molecule has 20 heavy (non-hydrogen) atoms. The summed E-state index contributed by atoms with van der Waals surface area (Å²) in [4.78, 5) is 23.2. The molecule has 1 rings (SSSR count). The summed E-state index contributed by atoms with van der Waals surface area (Å²) in [5.41, 5.74) is 0. The first-order chi connectivity index (χ1) is 9.42. The minimum Gasteiger partial charge on any atom is -0.465 e. The molecular formula is C12H22N2O5S. The molecule has 116 valence electrons. The van der Waals surface area contributed by atoms with Crippen LogP contribution in [0.4, 0.5) is 0 Å². The number of sulfonamides is 1. The van der Waals surface area contributed by atoms with Gasteiger partial charge in [-0.2, -0.15) is 4.31 Å². The first-order valence-corrected chi connectivity index (χ1v) is 8.46. The van der Waals surface area contributed by atoms with Crippen molar-refractivity contribution in [3.8, 4) is 0 Å². The fourth-order valence-electron chi connectivity index (χ4n) is 2.20. The molecule has 1 unspecified atom stereocenters. The SMILES string of the molecule is CCCS(=O)(=O)N1CCCC1C(=O)NCC(=O)OCC. The van der Waals surface area contributed by atoms with Crippen LogP contribution in [0.2, 0.25) is 0 Å². The third kappa shape index (κ3) is 4.45. The van der Waals surface area contributed by atoms with Crippen molar-refractivity contribution in [3.63, 3.8) is 0 Å². The van der Waals surface area contributed by atoms with Gasteiger partial charge in [0.1, 0.15) is 12.6 Å². The summed E-state index contributed by atoms with van der Waals surface area (Å²) in [5.74, 6) is -0.925. The van der Waals surface area contributed by atoms with Gasteiger partial charge < -0.3 is 10.1 Å². The fourth-order valence-corrected chi connectivity index (χ4v) is 3.95. The zero-order valence-corrected chi connectivity index (χ0v) is 12.7. The number of hydrogen-bond donors (Lipinski definition) is 1. The molecule has 0 aromatic carbocycles. The fraction of sp³-hybridized carbons (Fsp3) is 0.833. The van der Waals surface area contributed by atoms with E-state index in [4.69, 9.17) is 4.74 Å². The molecule has 1 N–H and O–H groups in total. The summed E-state index contributed by atoms with van der Waals surface area (Å²) in [5, 5.41) is 2.43. The van der Waals surface area contributed by atoms with Gasteiger partial charge in [-0.3, -0.25) is 9.59 Å². The number of rotatable bonds is 7. The number of carbonyl (C=O) groups excluding carboxylic acids is 2. The maximum atomic E-state index is 12.0. The molecule has 1 fully saturated rings. The predicted octanol–water partition coefficient (Wildman–Crippen LogP) is -0.130. The van der Waals surface area contributed by atoms with Crippen LogP contribution in [0.15, 0.2) is 0 Å². The lowest BCUT2D eigenvalue weighted by Gasteiger charge is -2.22. The van der Waals surface area contributed by atoms with E-state index >= 15 is 0 Å². The zero-order chi connectivity index (χ0) is 15.2. The Morgan fingerprint density at radius 1 is 1.35 bits per heavy atom. The van der Waals surface area contributed by atoms with Crippen LogP contribution in [0.5, 0.6) is 0 Å². The molecule has 0 aliphatic carbocycles. The lowest BCUT2D eigenvalue weighted by Crippen LogP contribution is -2.47. The molecule has 0 aromatic rings. The number of ether oxygens (including phenoxy) is 1. The van der Waals surface area contributed by atoms with Crippen LogP contribution < -0.4 is 5.32 Å². The molecule has 0 aromatic heterocycles. The summed E-state index contributed by atoms with van der Waals surface area (Å²) in [6.45, 7) is 3.83. The van der Waals surface area contributed by atoms with Crippen LogP contribution in [0.1, 0.15) is 33.1 Å². The van der Waals surface area contributed by atoms with Crippen molar-refractivity contribution < 1.29 is 22.7 Å². The molecule has 1 aliphatic heterocycles. The second-order valence-electron chi connectivity index (χ2n) is 4.61.